The number of likely N-dealkylation sites (tertiary alicyclic amines) is 1. The molecule has 6 heteroatoms. The van der Waals surface area contributed by atoms with Gasteiger partial charge >= 0.3 is 0 Å². The zero-order valence-corrected chi connectivity index (χ0v) is 18.2. The lowest BCUT2D eigenvalue weighted by molar-refractivity contribution is 0.276. The van der Waals surface area contributed by atoms with Crippen LogP contribution >= 0.6 is 0 Å². The molecule has 0 atom stereocenters. The van der Waals surface area contributed by atoms with Crippen molar-refractivity contribution in [3.8, 4) is 11.4 Å². The van der Waals surface area contributed by atoms with Crippen molar-refractivity contribution < 1.29 is 0 Å². The number of pyridine rings is 1. The van der Waals surface area contributed by atoms with Crippen LogP contribution in [0.15, 0.2) is 53.5 Å². The monoisotopic (exact) mass is 417 g/mol. The fourth-order valence-electron chi connectivity index (χ4n) is 4.07. The molecule has 2 aromatic heterocycles. The number of aryl methyl sites for hydroxylation is 1. The molecule has 3 heterocycles. The number of nitrogens with one attached hydrogen (secondary N) is 2. The zero-order chi connectivity index (χ0) is 21.5. The summed E-state index contributed by atoms with van der Waals surface area (Å²) in [6.45, 7) is 6.12. The molecule has 4 rings (SSSR count). The summed E-state index contributed by atoms with van der Waals surface area (Å²) in [4.78, 5) is 26.2. The third kappa shape index (κ3) is 5.79. The first-order chi connectivity index (χ1) is 15.2. The van der Waals surface area contributed by atoms with Crippen molar-refractivity contribution in [3.63, 3.8) is 0 Å². The molecule has 1 saturated heterocycles. The number of H-pyrrole nitrogens is 1. The molecule has 2 N–H and O–H groups in total. The first-order valence-electron chi connectivity index (χ1n) is 11.3. The van der Waals surface area contributed by atoms with E-state index < -0.39 is 0 Å². The predicted molar refractivity (Wildman–Crippen MR) is 125 cm³/mol. The van der Waals surface area contributed by atoms with Gasteiger partial charge in [-0.2, -0.15) is 0 Å². The van der Waals surface area contributed by atoms with Crippen LogP contribution in [0.2, 0.25) is 0 Å². The summed E-state index contributed by atoms with van der Waals surface area (Å²) in [6.07, 6.45) is 7.79. The molecule has 1 aliphatic rings. The minimum Gasteiger partial charge on any atom is -0.366 e. The Bertz CT molecular complexity index is 1040. The standard InChI is InChI=1S/C25H31N5O/c1-2-22-15-24(31)29-25(28-22)20-11-12-23(27-17-20)26-16-19-9-5-6-10-21(19)18-30-13-7-3-4-8-14-30/h5-6,9-12,15,17H,2-4,7-8,13-14,16,18H2,1H3,(H,26,27)(H,28,29,31). The molecule has 162 valence electrons. The second-order valence-electron chi connectivity index (χ2n) is 8.18. The number of nitrogens with zero attached hydrogens (tertiary/aromatic N) is 3. The van der Waals surface area contributed by atoms with Crippen LogP contribution in [0.4, 0.5) is 5.82 Å². The highest BCUT2D eigenvalue weighted by Crippen LogP contribution is 2.19. The van der Waals surface area contributed by atoms with E-state index in [0.717, 1.165) is 36.6 Å². The average molecular weight is 418 g/mol. The summed E-state index contributed by atoms with van der Waals surface area (Å²) < 4.78 is 0. The van der Waals surface area contributed by atoms with Gasteiger partial charge in [-0.3, -0.25) is 9.69 Å². The summed E-state index contributed by atoms with van der Waals surface area (Å²) in [5.41, 5.74) is 4.14. The first kappa shape index (κ1) is 21.2. The maximum atomic E-state index is 11.8. The van der Waals surface area contributed by atoms with Gasteiger partial charge in [0, 0.05) is 36.6 Å². The van der Waals surface area contributed by atoms with Crippen molar-refractivity contribution in [2.45, 2.75) is 52.1 Å². The number of benzene rings is 1. The van der Waals surface area contributed by atoms with Gasteiger partial charge in [0.2, 0.25) is 0 Å². The largest absolute Gasteiger partial charge is 0.366 e. The van der Waals surface area contributed by atoms with Crippen LogP contribution in [0, 0.1) is 0 Å². The minimum absolute atomic E-state index is 0.134. The van der Waals surface area contributed by atoms with Crippen molar-refractivity contribution in [1.82, 2.24) is 19.9 Å². The van der Waals surface area contributed by atoms with Gasteiger partial charge in [-0.1, -0.05) is 44.0 Å². The Labute approximate surface area is 183 Å². The molecule has 0 unspecified atom stereocenters. The van der Waals surface area contributed by atoms with E-state index in [9.17, 15) is 4.79 Å². The highest BCUT2D eigenvalue weighted by Gasteiger charge is 2.12. The van der Waals surface area contributed by atoms with Gasteiger partial charge in [0.05, 0.1) is 0 Å². The molecule has 0 radical (unpaired) electrons. The fraction of sp³-hybridized carbons (Fsp3) is 0.400. The van der Waals surface area contributed by atoms with E-state index in [-0.39, 0.29) is 5.56 Å². The summed E-state index contributed by atoms with van der Waals surface area (Å²) in [7, 11) is 0. The summed E-state index contributed by atoms with van der Waals surface area (Å²) in [5, 5.41) is 3.44. The molecule has 1 fully saturated rings. The first-order valence-corrected chi connectivity index (χ1v) is 11.3. The number of hydrogen-bond acceptors (Lipinski definition) is 5. The second-order valence-corrected chi connectivity index (χ2v) is 8.18. The Morgan fingerprint density at radius 1 is 1.03 bits per heavy atom. The van der Waals surface area contributed by atoms with Crippen molar-refractivity contribution in [3.05, 3.63) is 75.8 Å². The molecule has 3 aromatic rings. The van der Waals surface area contributed by atoms with Crippen molar-refractivity contribution in [1.29, 1.82) is 0 Å². The number of rotatable bonds is 7. The van der Waals surface area contributed by atoms with E-state index in [2.05, 4.69) is 49.4 Å². The molecule has 0 saturated carbocycles. The zero-order valence-electron chi connectivity index (χ0n) is 18.2. The van der Waals surface area contributed by atoms with E-state index >= 15 is 0 Å². The van der Waals surface area contributed by atoms with Gasteiger partial charge in [0.1, 0.15) is 11.6 Å². The van der Waals surface area contributed by atoms with Crippen molar-refractivity contribution in [2.75, 3.05) is 18.4 Å². The Kier molecular flexibility index (Phi) is 7.10. The fourth-order valence-corrected chi connectivity index (χ4v) is 4.07. The third-order valence-electron chi connectivity index (χ3n) is 5.86. The Hall–Kier alpha value is -2.99. The predicted octanol–water partition coefficient (Wildman–Crippen LogP) is 4.38. The topological polar surface area (TPSA) is 73.9 Å². The van der Waals surface area contributed by atoms with E-state index in [1.807, 2.05) is 19.1 Å². The Balaban J connectivity index is 1.42. The number of hydrogen-bond donors (Lipinski definition) is 2. The van der Waals surface area contributed by atoms with Crippen molar-refractivity contribution in [2.24, 2.45) is 0 Å². The molecule has 31 heavy (non-hydrogen) atoms. The van der Waals surface area contributed by atoms with Crippen LogP contribution in [0.25, 0.3) is 11.4 Å². The van der Waals surface area contributed by atoms with Crippen LogP contribution in [0.5, 0.6) is 0 Å². The number of aromatic nitrogens is 3. The second kappa shape index (κ2) is 10.4. The molecule has 1 aromatic carbocycles. The van der Waals surface area contributed by atoms with Gasteiger partial charge < -0.3 is 10.3 Å². The van der Waals surface area contributed by atoms with Gasteiger partial charge in [-0.15, -0.1) is 0 Å². The van der Waals surface area contributed by atoms with E-state index in [1.54, 1.807) is 6.20 Å². The molecule has 6 nitrogen and oxygen atoms in total. The van der Waals surface area contributed by atoms with Crippen LogP contribution in [0.3, 0.4) is 0 Å². The lowest BCUT2D eigenvalue weighted by Gasteiger charge is -2.21. The summed E-state index contributed by atoms with van der Waals surface area (Å²) in [5.74, 6) is 1.37. The van der Waals surface area contributed by atoms with Gasteiger partial charge in [-0.05, 0) is 55.6 Å². The maximum absolute atomic E-state index is 11.8. The SMILES string of the molecule is CCc1cc(=O)[nH]c(-c2ccc(NCc3ccccc3CN3CCCCCC3)nc2)n1. The molecule has 0 amide bonds. The normalized spacial score (nSPS) is 14.9. The lowest BCUT2D eigenvalue weighted by Crippen LogP contribution is -2.24. The van der Waals surface area contributed by atoms with Gasteiger partial charge in [-0.25, -0.2) is 9.97 Å². The van der Waals surface area contributed by atoms with Gasteiger partial charge in [0.15, 0.2) is 0 Å². The summed E-state index contributed by atoms with van der Waals surface area (Å²) >= 11 is 0. The molecule has 0 spiro atoms. The Morgan fingerprint density at radius 3 is 2.52 bits per heavy atom. The van der Waals surface area contributed by atoms with E-state index in [4.69, 9.17) is 0 Å². The van der Waals surface area contributed by atoms with Gasteiger partial charge in [0.25, 0.3) is 5.56 Å². The average Bonchev–Trinajstić information content (AvgIpc) is 3.07. The van der Waals surface area contributed by atoms with Crippen LogP contribution in [-0.2, 0) is 19.5 Å². The molecular formula is C25H31N5O. The molecular weight excluding hydrogens is 386 g/mol. The number of aromatic amines is 1. The number of anilines is 1. The third-order valence-corrected chi connectivity index (χ3v) is 5.86. The minimum atomic E-state index is -0.134. The highest BCUT2D eigenvalue weighted by molar-refractivity contribution is 5.56. The quantitative estimate of drug-likeness (QED) is 0.597. The van der Waals surface area contributed by atoms with E-state index in [1.165, 1.54) is 56.0 Å². The highest BCUT2D eigenvalue weighted by atomic mass is 16.1. The molecule has 1 aliphatic heterocycles. The van der Waals surface area contributed by atoms with Crippen molar-refractivity contribution >= 4 is 5.82 Å². The van der Waals surface area contributed by atoms with E-state index in [0.29, 0.717) is 5.82 Å². The summed E-state index contributed by atoms with van der Waals surface area (Å²) in [6, 6.07) is 14.1. The van der Waals surface area contributed by atoms with Crippen LogP contribution in [-0.4, -0.2) is 32.9 Å². The molecule has 0 bridgehead atoms. The lowest BCUT2D eigenvalue weighted by atomic mass is 10.1. The maximum Gasteiger partial charge on any atom is 0.251 e. The smallest absolute Gasteiger partial charge is 0.251 e. The van der Waals surface area contributed by atoms with Crippen LogP contribution in [0.1, 0.15) is 49.4 Å². The van der Waals surface area contributed by atoms with Crippen LogP contribution < -0.4 is 10.9 Å². The Morgan fingerprint density at radius 2 is 1.81 bits per heavy atom. The molecule has 0 aliphatic carbocycles.